The molecule has 1 aromatic carbocycles. The number of ketones is 1. The molecule has 0 radical (unpaired) electrons. The van der Waals surface area contributed by atoms with Crippen LogP contribution in [0, 0.1) is 0 Å². The number of nitrogens with zero attached hydrogens (tertiary/aromatic N) is 1. The average molecular weight is 199 g/mol. The Kier molecular flexibility index (Phi) is 1.57. The number of benzene rings is 1. The van der Waals surface area contributed by atoms with Crippen LogP contribution in [0.25, 0.3) is 10.9 Å². The summed E-state index contributed by atoms with van der Waals surface area (Å²) in [7, 11) is 0. The van der Waals surface area contributed by atoms with Crippen molar-refractivity contribution in [2.45, 2.75) is 12.8 Å². The Morgan fingerprint density at radius 2 is 1.93 bits per heavy atom. The highest BCUT2D eigenvalue weighted by Gasteiger charge is 2.21. The van der Waals surface area contributed by atoms with E-state index in [0.717, 1.165) is 10.9 Å². The third kappa shape index (κ3) is 1.06. The summed E-state index contributed by atoms with van der Waals surface area (Å²) in [5.74, 6) is 0.0645. The summed E-state index contributed by atoms with van der Waals surface area (Å²) < 4.78 is 1.59. The van der Waals surface area contributed by atoms with Crippen LogP contribution in [0.1, 0.15) is 28.0 Å². The van der Waals surface area contributed by atoms with Gasteiger partial charge in [-0.25, -0.2) is 0 Å². The fourth-order valence-corrected chi connectivity index (χ4v) is 2.10. The van der Waals surface area contributed by atoms with Gasteiger partial charge in [0, 0.05) is 30.0 Å². The van der Waals surface area contributed by atoms with Crippen LogP contribution in [0.15, 0.2) is 30.5 Å². The lowest BCUT2D eigenvalue weighted by Gasteiger charge is -2.01. The lowest BCUT2D eigenvalue weighted by atomic mass is 10.1. The largest absolute Gasteiger partial charge is 0.294 e. The van der Waals surface area contributed by atoms with Crippen LogP contribution in [0.3, 0.4) is 0 Å². The van der Waals surface area contributed by atoms with Crippen LogP contribution < -0.4 is 0 Å². The number of carbonyl (C=O) groups is 2. The molecular formula is C12H9NO2. The first-order chi connectivity index (χ1) is 7.27. The van der Waals surface area contributed by atoms with E-state index in [0.29, 0.717) is 18.4 Å². The summed E-state index contributed by atoms with van der Waals surface area (Å²) in [6.45, 7) is 0. The maximum Gasteiger partial charge on any atom is 0.231 e. The number of aromatic nitrogens is 1. The minimum Gasteiger partial charge on any atom is -0.294 e. The summed E-state index contributed by atoms with van der Waals surface area (Å²) in [6.07, 6.45) is 2.37. The van der Waals surface area contributed by atoms with Crippen molar-refractivity contribution in [1.29, 1.82) is 0 Å². The Morgan fingerprint density at radius 3 is 2.80 bits per heavy atom. The molecule has 0 aliphatic carbocycles. The van der Waals surface area contributed by atoms with Crippen molar-refractivity contribution >= 4 is 22.6 Å². The van der Waals surface area contributed by atoms with E-state index in [9.17, 15) is 9.59 Å². The number of hydrogen-bond acceptors (Lipinski definition) is 2. The van der Waals surface area contributed by atoms with Crippen molar-refractivity contribution < 1.29 is 9.59 Å². The van der Waals surface area contributed by atoms with Crippen molar-refractivity contribution in [3.8, 4) is 0 Å². The molecule has 0 fully saturated rings. The molecule has 1 aromatic heterocycles. The second kappa shape index (κ2) is 2.79. The Balaban J connectivity index is 2.48. The number of Topliss-reactive ketones (excluding diaryl/α,β-unsaturated/α-hetero) is 1. The first-order valence-corrected chi connectivity index (χ1v) is 4.94. The molecule has 0 atom stereocenters. The van der Waals surface area contributed by atoms with Gasteiger partial charge in [-0.3, -0.25) is 14.2 Å². The SMILES string of the molecule is O=C1CCC(=O)n2ccc3cccc1c32. The van der Waals surface area contributed by atoms with Crippen molar-refractivity contribution in [2.75, 3.05) is 0 Å². The van der Waals surface area contributed by atoms with E-state index in [4.69, 9.17) is 0 Å². The summed E-state index contributed by atoms with van der Waals surface area (Å²) in [5, 5.41) is 0.955. The van der Waals surface area contributed by atoms with Gasteiger partial charge in [0.2, 0.25) is 5.91 Å². The zero-order valence-electron chi connectivity index (χ0n) is 8.06. The van der Waals surface area contributed by atoms with Gasteiger partial charge in [-0.15, -0.1) is 0 Å². The predicted octanol–water partition coefficient (Wildman–Crippen LogP) is 2.26. The molecule has 1 aliphatic heterocycles. The zero-order valence-corrected chi connectivity index (χ0v) is 8.06. The Labute approximate surface area is 86.3 Å². The summed E-state index contributed by atoms with van der Waals surface area (Å²) in [5.41, 5.74) is 1.44. The van der Waals surface area contributed by atoms with Crippen molar-refractivity contribution in [3.05, 3.63) is 36.0 Å². The molecule has 2 aromatic rings. The third-order valence-corrected chi connectivity index (χ3v) is 2.85. The molecule has 0 saturated heterocycles. The van der Waals surface area contributed by atoms with Gasteiger partial charge in [-0.05, 0) is 12.1 Å². The number of hydrogen-bond donors (Lipinski definition) is 0. The van der Waals surface area contributed by atoms with Crippen molar-refractivity contribution in [1.82, 2.24) is 4.57 Å². The fourth-order valence-electron chi connectivity index (χ4n) is 2.10. The lowest BCUT2D eigenvalue weighted by molar-refractivity contribution is 0.0877. The van der Waals surface area contributed by atoms with Crippen LogP contribution in [-0.2, 0) is 0 Å². The molecule has 0 bridgehead atoms. The van der Waals surface area contributed by atoms with E-state index in [1.54, 1.807) is 16.8 Å². The molecule has 0 amide bonds. The Hall–Kier alpha value is -1.90. The predicted molar refractivity (Wildman–Crippen MR) is 56.1 cm³/mol. The minimum absolute atomic E-state index is 0.00306. The van der Waals surface area contributed by atoms with Gasteiger partial charge in [-0.2, -0.15) is 0 Å². The van der Waals surface area contributed by atoms with Crippen LogP contribution in [0.2, 0.25) is 0 Å². The van der Waals surface area contributed by atoms with Crippen LogP contribution in [0.5, 0.6) is 0 Å². The standard InChI is InChI=1S/C12H9NO2/c14-10-4-5-11(15)13-7-6-8-2-1-3-9(10)12(8)13/h1-3,6-7H,4-5H2. The molecule has 0 N–H and O–H groups in total. The van der Waals surface area contributed by atoms with E-state index >= 15 is 0 Å². The summed E-state index contributed by atoms with van der Waals surface area (Å²) in [4.78, 5) is 23.5. The van der Waals surface area contributed by atoms with Gasteiger partial charge < -0.3 is 0 Å². The first kappa shape index (κ1) is 8.41. The van der Waals surface area contributed by atoms with Crippen molar-refractivity contribution in [3.63, 3.8) is 0 Å². The molecule has 15 heavy (non-hydrogen) atoms. The maximum absolute atomic E-state index is 11.8. The highest BCUT2D eigenvalue weighted by Crippen LogP contribution is 2.25. The summed E-state index contributed by atoms with van der Waals surface area (Å²) in [6, 6.07) is 7.44. The molecule has 3 nitrogen and oxygen atoms in total. The topological polar surface area (TPSA) is 39.1 Å². The molecule has 3 rings (SSSR count). The lowest BCUT2D eigenvalue weighted by Crippen LogP contribution is -2.06. The van der Waals surface area contributed by atoms with E-state index in [1.807, 2.05) is 18.2 Å². The highest BCUT2D eigenvalue weighted by atomic mass is 16.2. The molecule has 0 spiro atoms. The Bertz CT molecular complexity index is 580. The summed E-state index contributed by atoms with van der Waals surface area (Å²) >= 11 is 0. The minimum atomic E-state index is 0.00306. The second-order valence-electron chi connectivity index (χ2n) is 3.75. The number of carbonyl (C=O) groups excluding carboxylic acids is 2. The first-order valence-electron chi connectivity index (χ1n) is 4.94. The molecule has 0 saturated carbocycles. The van der Waals surface area contributed by atoms with Gasteiger partial charge in [0.1, 0.15) is 0 Å². The second-order valence-corrected chi connectivity index (χ2v) is 3.75. The zero-order chi connectivity index (χ0) is 10.4. The van der Waals surface area contributed by atoms with Crippen molar-refractivity contribution in [2.24, 2.45) is 0 Å². The van der Waals surface area contributed by atoms with Gasteiger partial charge in [0.05, 0.1) is 5.52 Å². The molecular weight excluding hydrogens is 190 g/mol. The van der Waals surface area contributed by atoms with E-state index in [-0.39, 0.29) is 11.7 Å². The van der Waals surface area contributed by atoms with Crippen LogP contribution in [-0.4, -0.2) is 16.3 Å². The fraction of sp³-hybridized carbons (Fsp3) is 0.167. The quantitative estimate of drug-likeness (QED) is 0.652. The van der Waals surface area contributed by atoms with Crippen LogP contribution in [0.4, 0.5) is 0 Å². The highest BCUT2D eigenvalue weighted by molar-refractivity contribution is 6.12. The molecule has 3 heteroatoms. The molecule has 74 valence electrons. The number of para-hydroxylation sites is 1. The van der Waals surface area contributed by atoms with E-state index in [2.05, 4.69) is 0 Å². The average Bonchev–Trinajstić information content (AvgIpc) is 2.63. The third-order valence-electron chi connectivity index (χ3n) is 2.85. The Morgan fingerprint density at radius 1 is 1.07 bits per heavy atom. The molecule has 0 unspecified atom stereocenters. The molecule has 1 aliphatic rings. The monoisotopic (exact) mass is 199 g/mol. The van der Waals surface area contributed by atoms with Gasteiger partial charge in [0.15, 0.2) is 5.78 Å². The van der Waals surface area contributed by atoms with Gasteiger partial charge in [-0.1, -0.05) is 12.1 Å². The van der Waals surface area contributed by atoms with E-state index in [1.165, 1.54) is 0 Å². The van der Waals surface area contributed by atoms with E-state index < -0.39 is 0 Å². The van der Waals surface area contributed by atoms with Gasteiger partial charge >= 0.3 is 0 Å². The van der Waals surface area contributed by atoms with Gasteiger partial charge in [0.25, 0.3) is 0 Å². The number of rotatable bonds is 0. The van der Waals surface area contributed by atoms with Crippen LogP contribution >= 0.6 is 0 Å². The molecule has 2 heterocycles. The maximum atomic E-state index is 11.8. The normalized spacial score (nSPS) is 15.7. The smallest absolute Gasteiger partial charge is 0.231 e.